The molecule has 1 unspecified atom stereocenters. The minimum absolute atomic E-state index is 0.547. The first-order chi connectivity index (χ1) is 9.49. The minimum atomic E-state index is -0.552. The van der Waals surface area contributed by atoms with E-state index in [0.717, 1.165) is 30.3 Å². The molecule has 0 spiro atoms. The van der Waals surface area contributed by atoms with Crippen molar-refractivity contribution in [2.24, 2.45) is 0 Å². The first kappa shape index (κ1) is 16.0. The van der Waals surface area contributed by atoms with E-state index < -0.39 is 6.10 Å². The van der Waals surface area contributed by atoms with Crippen LogP contribution in [-0.2, 0) is 6.42 Å². The predicted octanol–water partition coefficient (Wildman–Crippen LogP) is 5.26. The third kappa shape index (κ3) is 4.07. The molecule has 0 bridgehead atoms. The van der Waals surface area contributed by atoms with E-state index in [1.54, 1.807) is 7.11 Å². The van der Waals surface area contributed by atoms with Crippen LogP contribution in [0.3, 0.4) is 0 Å². The topological polar surface area (TPSA) is 29.5 Å². The summed E-state index contributed by atoms with van der Waals surface area (Å²) in [5.41, 5.74) is 1.92. The predicted molar refractivity (Wildman–Crippen MR) is 91.2 cm³/mol. The van der Waals surface area contributed by atoms with Gasteiger partial charge in [0.15, 0.2) is 0 Å². The van der Waals surface area contributed by atoms with Crippen molar-refractivity contribution in [3.8, 4) is 5.75 Å². The summed E-state index contributed by atoms with van der Waals surface area (Å²) in [5, 5.41) is 10.4. The molecule has 0 aliphatic rings. The van der Waals surface area contributed by atoms with Gasteiger partial charge in [0.25, 0.3) is 0 Å². The van der Waals surface area contributed by atoms with E-state index in [1.807, 2.05) is 36.4 Å². The second kappa shape index (κ2) is 7.07. The molecule has 20 heavy (non-hydrogen) atoms. The Morgan fingerprint density at radius 1 is 1.05 bits per heavy atom. The van der Waals surface area contributed by atoms with Crippen LogP contribution in [0, 0.1) is 0 Å². The largest absolute Gasteiger partial charge is 0.496 e. The van der Waals surface area contributed by atoms with Gasteiger partial charge in [0, 0.05) is 15.4 Å². The second-order valence-electron chi connectivity index (χ2n) is 4.39. The molecule has 0 aliphatic carbocycles. The maximum atomic E-state index is 10.4. The van der Waals surface area contributed by atoms with E-state index in [1.165, 1.54) is 0 Å². The minimum Gasteiger partial charge on any atom is -0.496 e. The third-order valence-electron chi connectivity index (χ3n) is 2.91. The summed E-state index contributed by atoms with van der Waals surface area (Å²) in [6.45, 7) is 0. The number of hydrogen-bond acceptors (Lipinski definition) is 2. The monoisotopic (exact) mass is 462 g/mol. The Morgan fingerprint density at radius 3 is 2.25 bits per heavy atom. The Kier molecular flexibility index (Phi) is 5.66. The molecule has 106 valence electrons. The van der Waals surface area contributed by atoms with Gasteiger partial charge in [-0.1, -0.05) is 37.9 Å². The molecule has 2 nitrogen and oxygen atoms in total. The SMILES string of the molecule is COc1ccc(CC(O)c2cc(Br)cc(Br)c2)cc1Br. The Labute approximate surface area is 143 Å². The first-order valence-corrected chi connectivity index (χ1v) is 8.34. The average molecular weight is 465 g/mol. The zero-order valence-electron chi connectivity index (χ0n) is 10.7. The molecule has 1 atom stereocenters. The van der Waals surface area contributed by atoms with Crippen LogP contribution >= 0.6 is 47.8 Å². The Morgan fingerprint density at radius 2 is 1.70 bits per heavy atom. The molecule has 0 radical (unpaired) electrons. The highest BCUT2D eigenvalue weighted by atomic mass is 79.9. The van der Waals surface area contributed by atoms with Crippen molar-refractivity contribution in [2.45, 2.75) is 12.5 Å². The normalized spacial score (nSPS) is 12.2. The Hall–Kier alpha value is -0.360. The lowest BCUT2D eigenvalue weighted by Crippen LogP contribution is -2.02. The summed E-state index contributed by atoms with van der Waals surface area (Å²) < 4.78 is 7.97. The fourth-order valence-corrected chi connectivity index (χ4v) is 3.86. The summed E-state index contributed by atoms with van der Waals surface area (Å²) in [6.07, 6.45) is -0.00465. The van der Waals surface area contributed by atoms with Crippen LogP contribution < -0.4 is 4.74 Å². The fraction of sp³-hybridized carbons (Fsp3) is 0.200. The number of methoxy groups -OCH3 is 1. The zero-order valence-corrected chi connectivity index (χ0v) is 15.5. The molecule has 0 fully saturated rings. The molecule has 0 amide bonds. The second-order valence-corrected chi connectivity index (χ2v) is 7.08. The number of halogens is 3. The van der Waals surface area contributed by atoms with E-state index in [0.29, 0.717) is 6.42 Å². The molecule has 1 N–H and O–H groups in total. The summed E-state index contributed by atoms with van der Waals surface area (Å²) in [6, 6.07) is 11.6. The van der Waals surface area contributed by atoms with Crippen LogP contribution in [0.4, 0.5) is 0 Å². The lowest BCUT2D eigenvalue weighted by molar-refractivity contribution is 0.178. The lowest BCUT2D eigenvalue weighted by atomic mass is 10.0. The van der Waals surface area contributed by atoms with Crippen molar-refractivity contribution < 1.29 is 9.84 Å². The molecular formula is C15H13Br3O2. The highest BCUT2D eigenvalue weighted by Crippen LogP contribution is 2.29. The Bertz CT molecular complexity index is 594. The quantitative estimate of drug-likeness (QED) is 0.669. The smallest absolute Gasteiger partial charge is 0.133 e. The molecule has 2 rings (SSSR count). The summed E-state index contributed by atoms with van der Waals surface area (Å²) in [5.74, 6) is 0.786. The van der Waals surface area contributed by atoms with E-state index in [9.17, 15) is 5.11 Å². The van der Waals surface area contributed by atoms with Crippen LogP contribution in [0.5, 0.6) is 5.75 Å². The van der Waals surface area contributed by atoms with Crippen molar-refractivity contribution in [1.82, 2.24) is 0 Å². The van der Waals surface area contributed by atoms with E-state index in [2.05, 4.69) is 47.8 Å². The van der Waals surface area contributed by atoms with Crippen molar-refractivity contribution >= 4 is 47.8 Å². The summed E-state index contributed by atoms with van der Waals surface area (Å²) in [7, 11) is 1.63. The lowest BCUT2D eigenvalue weighted by Gasteiger charge is -2.13. The van der Waals surface area contributed by atoms with Gasteiger partial charge < -0.3 is 9.84 Å². The number of hydrogen-bond donors (Lipinski definition) is 1. The molecule has 5 heteroatoms. The highest BCUT2D eigenvalue weighted by molar-refractivity contribution is 9.11. The number of aliphatic hydroxyl groups is 1. The van der Waals surface area contributed by atoms with Crippen molar-refractivity contribution in [3.63, 3.8) is 0 Å². The van der Waals surface area contributed by atoms with E-state index in [-0.39, 0.29) is 0 Å². The third-order valence-corrected chi connectivity index (χ3v) is 4.45. The van der Waals surface area contributed by atoms with Gasteiger partial charge in [-0.2, -0.15) is 0 Å². The molecule has 2 aromatic carbocycles. The van der Waals surface area contributed by atoms with Crippen LogP contribution in [0.2, 0.25) is 0 Å². The van der Waals surface area contributed by atoms with Crippen molar-refractivity contribution in [2.75, 3.05) is 7.11 Å². The summed E-state index contributed by atoms with van der Waals surface area (Å²) in [4.78, 5) is 0. The summed E-state index contributed by atoms with van der Waals surface area (Å²) >= 11 is 10.3. The van der Waals surface area contributed by atoms with Gasteiger partial charge >= 0.3 is 0 Å². The maximum absolute atomic E-state index is 10.4. The van der Waals surface area contributed by atoms with Gasteiger partial charge in [-0.15, -0.1) is 0 Å². The van der Waals surface area contributed by atoms with Gasteiger partial charge in [-0.25, -0.2) is 0 Å². The van der Waals surface area contributed by atoms with Gasteiger partial charge in [-0.05, 0) is 57.4 Å². The van der Waals surface area contributed by atoms with Crippen LogP contribution in [0.25, 0.3) is 0 Å². The molecule has 0 heterocycles. The van der Waals surface area contributed by atoms with Crippen LogP contribution in [0.15, 0.2) is 49.8 Å². The first-order valence-electron chi connectivity index (χ1n) is 5.96. The highest BCUT2D eigenvalue weighted by Gasteiger charge is 2.11. The number of aliphatic hydroxyl groups excluding tert-OH is 1. The zero-order chi connectivity index (χ0) is 14.7. The van der Waals surface area contributed by atoms with E-state index in [4.69, 9.17) is 4.74 Å². The Balaban J connectivity index is 2.18. The van der Waals surface area contributed by atoms with E-state index >= 15 is 0 Å². The maximum Gasteiger partial charge on any atom is 0.133 e. The number of benzene rings is 2. The van der Waals surface area contributed by atoms with Crippen LogP contribution in [-0.4, -0.2) is 12.2 Å². The number of ether oxygens (including phenoxy) is 1. The fourth-order valence-electron chi connectivity index (χ4n) is 1.95. The van der Waals surface area contributed by atoms with Crippen molar-refractivity contribution in [3.05, 3.63) is 60.9 Å². The molecular weight excluding hydrogens is 452 g/mol. The van der Waals surface area contributed by atoms with Gasteiger partial charge in [0.2, 0.25) is 0 Å². The standard InChI is InChI=1S/C15H13Br3O2/c1-20-15-3-2-9(4-13(15)18)5-14(19)10-6-11(16)8-12(17)7-10/h2-4,6-8,14,19H,5H2,1H3. The van der Waals surface area contributed by atoms with Gasteiger partial charge in [0.05, 0.1) is 17.7 Å². The molecule has 0 aromatic heterocycles. The van der Waals surface area contributed by atoms with Gasteiger partial charge in [0.1, 0.15) is 5.75 Å². The molecule has 0 aliphatic heterocycles. The van der Waals surface area contributed by atoms with Crippen LogP contribution in [0.1, 0.15) is 17.2 Å². The average Bonchev–Trinajstić information content (AvgIpc) is 2.37. The van der Waals surface area contributed by atoms with Gasteiger partial charge in [-0.3, -0.25) is 0 Å². The molecule has 0 saturated heterocycles. The molecule has 0 saturated carbocycles. The number of rotatable bonds is 4. The van der Waals surface area contributed by atoms with Crippen molar-refractivity contribution in [1.29, 1.82) is 0 Å². The molecule has 2 aromatic rings.